The number of hydrogen-bond donors (Lipinski definition) is 2. The molecule has 0 bridgehead atoms. The van der Waals surface area contributed by atoms with Crippen LogP contribution in [0.3, 0.4) is 0 Å². The summed E-state index contributed by atoms with van der Waals surface area (Å²) in [6.45, 7) is 4.31. The van der Waals surface area contributed by atoms with E-state index in [4.69, 9.17) is 0 Å². The molecule has 0 aromatic heterocycles. The Morgan fingerprint density at radius 1 is 1.19 bits per heavy atom. The summed E-state index contributed by atoms with van der Waals surface area (Å²) < 4.78 is 1.01. The number of aryl methyl sites for hydroxylation is 1. The number of hydrogen-bond acceptors (Lipinski definition) is 2. The van der Waals surface area contributed by atoms with E-state index in [0.29, 0.717) is 0 Å². The summed E-state index contributed by atoms with van der Waals surface area (Å²) in [5.41, 5.74) is 3.05. The summed E-state index contributed by atoms with van der Waals surface area (Å²) in [7, 11) is 0. The van der Waals surface area contributed by atoms with Gasteiger partial charge in [-0.05, 0) is 43.2 Å². The van der Waals surface area contributed by atoms with Gasteiger partial charge in [0.15, 0.2) is 0 Å². The zero-order chi connectivity index (χ0) is 15.2. The first-order valence-corrected chi connectivity index (χ1v) is 7.70. The van der Waals surface area contributed by atoms with Crippen LogP contribution in [-0.2, 0) is 4.79 Å². The second-order valence-electron chi connectivity index (χ2n) is 5.02. The standard InChI is InChI=1S/C17H19BrN2O/c1-12-10-15(18)8-9-16(12)20-17(21)11-19-13(2)14-6-4-3-5-7-14/h3-10,13,19H,11H2,1-2H3,(H,20,21)/t13-/m0/s1. The number of halogens is 1. The first-order valence-electron chi connectivity index (χ1n) is 6.90. The molecule has 3 nitrogen and oxygen atoms in total. The third-order valence-electron chi connectivity index (χ3n) is 3.33. The Hall–Kier alpha value is -1.65. The van der Waals surface area contributed by atoms with Crippen LogP contribution < -0.4 is 10.6 Å². The van der Waals surface area contributed by atoms with Crippen molar-refractivity contribution in [2.24, 2.45) is 0 Å². The number of carbonyl (C=O) groups excluding carboxylic acids is 1. The van der Waals surface area contributed by atoms with E-state index in [9.17, 15) is 4.79 Å². The van der Waals surface area contributed by atoms with Crippen LogP contribution in [0.25, 0.3) is 0 Å². The number of carbonyl (C=O) groups is 1. The predicted octanol–water partition coefficient (Wildman–Crippen LogP) is 4.05. The highest BCUT2D eigenvalue weighted by atomic mass is 79.9. The van der Waals surface area contributed by atoms with Crippen LogP contribution in [0.1, 0.15) is 24.1 Å². The van der Waals surface area contributed by atoms with Crippen molar-refractivity contribution in [1.82, 2.24) is 5.32 Å². The molecule has 2 aromatic rings. The van der Waals surface area contributed by atoms with Gasteiger partial charge in [-0.3, -0.25) is 4.79 Å². The van der Waals surface area contributed by atoms with Crippen molar-refractivity contribution in [2.45, 2.75) is 19.9 Å². The van der Waals surface area contributed by atoms with E-state index in [0.717, 1.165) is 15.7 Å². The SMILES string of the molecule is Cc1cc(Br)ccc1NC(=O)CN[C@@H](C)c1ccccc1. The second-order valence-corrected chi connectivity index (χ2v) is 5.94. The van der Waals surface area contributed by atoms with Crippen LogP contribution in [0.15, 0.2) is 53.0 Å². The molecule has 4 heteroatoms. The average molecular weight is 347 g/mol. The molecule has 0 spiro atoms. The molecule has 2 aromatic carbocycles. The number of benzene rings is 2. The van der Waals surface area contributed by atoms with Gasteiger partial charge in [0.05, 0.1) is 6.54 Å². The number of nitrogens with one attached hydrogen (secondary N) is 2. The molecule has 2 rings (SSSR count). The van der Waals surface area contributed by atoms with Crippen molar-refractivity contribution in [3.8, 4) is 0 Å². The zero-order valence-electron chi connectivity index (χ0n) is 12.2. The third-order valence-corrected chi connectivity index (χ3v) is 3.82. The molecule has 0 unspecified atom stereocenters. The fraction of sp³-hybridized carbons (Fsp3) is 0.235. The summed E-state index contributed by atoms with van der Waals surface area (Å²) in [4.78, 5) is 12.0. The molecule has 2 N–H and O–H groups in total. The lowest BCUT2D eigenvalue weighted by Gasteiger charge is -2.14. The van der Waals surface area contributed by atoms with Crippen molar-refractivity contribution in [3.63, 3.8) is 0 Å². The van der Waals surface area contributed by atoms with Gasteiger partial charge >= 0.3 is 0 Å². The van der Waals surface area contributed by atoms with Crippen LogP contribution in [-0.4, -0.2) is 12.5 Å². The Morgan fingerprint density at radius 3 is 2.57 bits per heavy atom. The molecule has 0 radical (unpaired) electrons. The highest BCUT2D eigenvalue weighted by Gasteiger charge is 2.08. The summed E-state index contributed by atoms with van der Waals surface area (Å²) >= 11 is 3.41. The first kappa shape index (κ1) is 15.7. The predicted molar refractivity (Wildman–Crippen MR) is 90.4 cm³/mol. The molecule has 1 amide bonds. The lowest BCUT2D eigenvalue weighted by molar-refractivity contribution is -0.115. The fourth-order valence-corrected chi connectivity index (χ4v) is 2.54. The van der Waals surface area contributed by atoms with Crippen LogP contribution in [0.4, 0.5) is 5.69 Å². The maximum absolute atomic E-state index is 12.0. The number of anilines is 1. The molecule has 0 heterocycles. The van der Waals surface area contributed by atoms with Gasteiger partial charge in [-0.15, -0.1) is 0 Å². The third kappa shape index (κ3) is 4.69. The Balaban J connectivity index is 1.87. The highest BCUT2D eigenvalue weighted by Crippen LogP contribution is 2.19. The smallest absolute Gasteiger partial charge is 0.238 e. The van der Waals surface area contributed by atoms with Gasteiger partial charge in [0.1, 0.15) is 0 Å². The molecular weight excluding hydrogens is 328 g/mol. The van der Waals surface area contributed by atoms with Crippen LogP contribution >= 0.6 is 15.9 Å². The minimum absolute atomic E-state index is 0.0387. The zero-order valence-corrected chi connectivity index (χ0v) is 13.8. The molecule has 0 aliphatic rings. The van der Waals surface area contributed by atoms with E-state index in [1.54, 1.807) is 0 Å². The molecule has 0 fully saturated rings. The van der Waals surface area contributed by atoms with Gasteiger partial charge in [0.25, 0.3) is 0 Å². The topological polar surface area (TPSA) is 41.1 Å². The Bertz CT molecular complexity index is 613. The van der Waals surface area contributed by atoms with Crippen LogP contribution in [0.5, 0.6) is 0 Å². The quantitative estimate of drug-likeness (QED) is 0.857. The van der Waals surface area contributed by atoms with Gasteiger partial charge in [-0.2, -0.15) is 0 Å². The largest absolute Gasteiger partial charge is 0.325 e. The van der Waals surface area contributed by atoms with Crippen molar-refractivity contribution >= 4 is 27.5 Å². The molecule has 0 aliphatic heterocycles. The Kier molecular flexibility index (Phi) is 5.53. The van der Waals surface area contributed by atoms with Crippen molar-refractivity contribution in [1.29, 1.82) is 0 Å². The van der Waals surface area contributed by atoms with E-state index in [2.05, 4.69) is 38.7 Å². The molecule has 0 saturated carbocycles. The maximum Gasteiger partial charge on any atom is 0.238 e. The van der Waals surface area contributed by atoms with E-state index < -0.39 is 0 Å². The summed E-state index contributed by atoms with van der Waals surface area (Å²) in [6, 6.07) is 16.0. The van der Waals surface area contributed by atoms with Gasteiger partial charge in [0, 0.05) is 16.2 Å². The molecule has 0 saturated heterocycles. The first-order chi connectivity index (χ1) is 10.1. The lowest BCUT2D eigenvalue weighted by atomic mass is 10.1. The van der Waals surface area contributed by atoms with Gasteiger partial charge in [-0.25, -0.2) is 0 Å². The number of amides is 1. The molecule has 110 valence electrons. The highest BCUT2D eigenvalue weighted by molar-refractivity contribution is 9.10. The van der Waals surface area contributed by atoms with E-state index in [1.165, 1.54) is 5.56 Å². The van der Waals surface area contributed by atoms with Crippen LogP contribution in [0, 0.1) is 6.92 Å². The second kappa shape index (κ2) is 7.38. The van der Waals surface area contributed by atoms with E-state index >= 15 is 0 Å². The summed E-state index contributed by atoms with van der Waals surface area (Å²) in [5.74, 6) is -0.0387. The van der Waals surface area contributed by atoms with Crippen molar-refractivity contribution < 1.29 is 4.79 Å². The summed E-state index contributed by atoms with van der Waals surface area (Å²) in [6.07, 6.45) is 0. The van der Waals surface area contributed by atoms with Gasteiger partial charge < -0.3 is 10.6 Å². The molecule has 21 heavy (non-hydrogen) atoms. The molecular formula is C17H19BrN2O. The maximum atomic E-state index is 12.0. The molecule has 1 atom stereocenters. The van der Waals surface area contributed by atoms with Crippen molar-refractivity contribution in [2.75, 3.05) is 11.9 Å². The molecule has 0 aliphatic carbocycles. The van der Waals surface area contributed by atoms with Crippen LogP contribution in [0.2, 0.25) is 0 Å². The normalized spacial score (nSPS) is 12.0. The average Bonchev–Trinajstić information content (AvgIpc) is 2.48. The monoisotopic (exact) mass is 346 g/mol. The van der Waals surface area contributed by atoms with E-state index in [1.807, 2.05) is 50.2 Å². The van der Waals surface area contributed by atoms with E-state index in [-0.39, 0.29) is 18.5 Å². The van der Waals surface area contributed by atoms with Gasteiger partial charge in [0.2, 0.25) is 5.91 Å². The van der Waals surface area contributed by atoms with Crippen molar-refractivity contribution in [3.05, 3.63) is 64.1 Å². The Labute approximate surface area is 133 Å². The minimum Gasteiger partial charge on any atom is -0.325 e. The fourth-order valence-electron chi connectivity index (χ4n) is 2.07. The Morgan fingerprint density at radius 2 is 1.90 bits per heavy atom. The minimum atomic E-state index is -0.0387. The number of rotatable bonds is 5. The lowest BCUT2D eigenvalue weighted by Crippen LogP contribution is -2.30. The van der Waals surface area contributed by atoms with Gasteiger partial charge in [-0.1, -0.05) is 46.3 Å². The summed E-state index contributed by atoms with van der Waals surface area (Å²) in [5, 5.41) is 6.15.